The Labute approximate surface area is 182 Å². The lowest BCUT2D eigenvalue weighted by molar-refractivity contribution is -0.143. The van der Waals surface area contributed by atoms with Crippen LogP contribution in [0.3, 0.4) is 0 Å². The maximum Gasteiger partial charge on any atom is 0.407 e. The van der Waals surface area contributed by atoms with E-state index in [1.807, 2.05) is 69.3 Å². The lowest BCUT2D eigenvalue weighted by Crippen LogP contribution is -2.53. The van der Waals surface area contributed by atoms with Crippen molar-refractivity contribution < 1.29 is 24.2 Å². The van der Waals surface area contributed by atoms with Gasteiger partial charge in [0.05, 0.1) is 6.42 Å². The number of carboxylic acid groups (broad SMARTS) is 1. The van der Waals surface area contributed by atoms with Gasteiger partial charge in [-0.15, -0.1) is 0 Å². The summed E-state index contributed by atoms with van der Waals surface area (Å²) in [4.78, 5) is 37.9. The molecule has 0 bridgehead atoms. The summed E-state index contributed by atoms with van der Waals surface area (Å²) in [7, 11) is 1.58. The Bertz CT molecular complexity index is 950. The van der Waals surface area contributed by atoms with E-state index in [9.17, 15) is 19.5 Å². The molecule has 2 aromatic carbocycles. The first-order valence-corrected chi connectivity index (χ1v) is 10.2. The zero-order valence-corrected chi connectivity index (χ0v) is 18.2. The number of aliphatic carboxylic acids is 1. The average molecular weight is 424 g/mol. The average Bonchev–Trinajstić information content (AvgIpc) is 3.03. The normalized spacial score (nSPS) is 13.7. The fourth-order valence-corrected chi connectivity index (χ4v) is 3.72. The summed E-state index contributed by atoms with van der Waals surface area (Å²) >= 11 is 0. The second-order valence-corrected chi connectivity index (χ2v) is 8.69. The summed E-state index contributed by atoms with van der Waals surface area (Å²) in [5, 5.41) is 11.6. The van der Waals surface area contributed by atoms with Crippen LogP contribution in [0.4, 0.5) is 4.79 Å². The Balaban J connectivity index is 1.71. The zero-order chi connectivity index (χ0) is 22.8. The van der Waals surface area contributed by atoms with Crippen molar-refractivity contribution in [3.8, 4) is 11.1 Å². The van der Waals surface area contributed by atoms with Gasteiger partial charge in [0, 0.05) is 18.5 Å². The number of carbonyl (C=O) groups excluding carboxylic acids is 2. The van der Waals surface area contributed by atoms with Crippen LogP contribution in [0.2, 0.25) is 0 Å². The number of carboxylic acids is 1. The molecular weight excluding hydrogens is 396 g/mol. The molecule has 0 aliphatic heterocycles. The topological polar surface area (TPSA) is 95.9 Å². The number of ether oxygens (including phenoxy) is 1. The number of rotatable bonds is 6. The highest BCUT2D eigenvalue weighted by Crippen LogP contribution is 2.44. The van der Waals surface area contributed by atoms with Crippen molar-refractivity contribution in [1.29, 1.82) is 0 Å². The molecule has 2 amide bonds. The highest BCUT2D eigenvalue weighted by Gasteiger charge is 2.33. The highest BCUT2D eigenvalue weighted by molar-refractivity contribution is 5.89. The minimum Gasteiger partial charge on any atom is -0.481 e. The van der Waals surface area contributed by atoms with Crippen LogP contribution >= 0.6 is 0 Å². The number of nitrogens with one attached hydrogen (secondary N) is 1. The van der Waals surface area contributed by atoms with Crippen molar-refractivity contribution in [3.05, 3.63) is 59.7 Å². The number of alkyl carbamates (subject to hydrolysis) is 1. The molecule has 1 aliphatic carbocycles. The standard InChI is InChI=1S/C24H28N2O5/c1-24(2,3)26(4)22(29)20(13-21(27)28)25-23(30)31-14-19-17-11-7-5-9-15(17)16-10-6-8-12-18(16)19/h5-12,19-20H,13-14H2,1-4H3,(H,25,30)(H,27,28). The first-order chi connectivity index (χ1) is 14.6. The minimum absolute atomic E-state index is 0.0863. The summed E-state index contributed by atoms with van der Waals surface area (Å²) < 4.78 is 5.45. The third kappa shape index (κ3) is 4.87. The molecule has 164 valence electrons. The molecule has 0 heterocycles. The van der Waals surface area contributed by atoms with Crippen molar-refractivity contribution in [1.82, 2.24) is 10.2 Å². The molecule has 1 atom stereocenters. The summed E-state index contributed by atoms with van der Waals surface area (Å²) in [5.41, 5.74) is 3.84. The van der Waals surface area contributed by atoms with Crippen LogP contribution in [0, 0.1) is 0 Å². The highest BCUT2D eigenvalue weighted by atomic mass is 16.5. The molecule has 0 saturated carbocycles. The predicted molar refractivity (Wildman–Crippen MR) is 117 cm³/mol. The number of amides is 2. The van der Waals surface area contributed by atoms with Gasteiger partial charge in [0.15, 0.2) is 0 Å². The van der Waals surface area contributed by atoms with Gasteiger partial charge in [-0.25, -0.2) is 4.79 Å². The van der Waals surface area contributed by atoms with Gasteiger partial charge < -0.3 is 20.1 Å². The molecule has 2 N–H and O–H groups in total. The Hall–Kier alpha value is -3.35. The van der Waals surface area contributed by atoms with E-state index < -0.39 is 36.0 Å². The number of likely N-dealkylation sites (N-methyl/N-ethyl adjacent to an activating group) is 1. The Morgan fingerprint density at radius 2 is 1.55 bits per heavy atom. The molecule has 3 rings (SSSR count). The minimum atomic E-state index is -1.21. The number of hydrogen-bond donors (Lipinski definition) is 2. The monoisotopic (exact) mass is 424 g/mol. The van der Waals surface area contributed by atoms with Crippen molar-refractivity contribution in [2.24, 2.45) is 0 Å². The van der Waals surface area contributed by atoms with Crippen LogP contribution in [0.25, 0.3) is 11.1 Å². The molecule has 1 aliphatic rings. The molecule has 0 fully saturated rings. The van der Waals surface area contributed by atoms with Crippen molar-refractivity contribution in [2.45, 2.75) is 44.7 Å². The Morgan fingerprint density at radius 1 is 1.03 bits per heavy atom. The van der Waals surface area contributed by atoms with Crippen molar-refractivity contribution in [2.75, 3.05) is 13.7 Å². The number of hydrogen-bond acceptors (Lipinski definition) is 4. The van der Waals surface area contributed by atoms with Gasteiger partial charge in [-0.2, -0.15) is 0 Å². The molecule has 7 nitrogen and oxygen atoms in total. The first kappa shape index (κ1) is 22.3. The van der Waals surface area contributed by atoms with Gasteiger partial charge in [0.1, 0.15) is 12.6 Å². The quantitative estimate of drug-likeness (QED) is 0.738. The maximum atomic E-state index is 12.7. The summed E-state index contributed by atoms with van der Waals surface area (Å²) in [6.07, 6.45) is -1.34. The summed E-state index contributed by atoms with van der Waals surface area (Å²) in [6, 6.07) is 14.7. The zero-order valence-electron chi connectivity index (χ0n) is 18.2. The van der Waals surface area contributed by atoms with Crippen molar-refractivity contribution >= 4 is 18.0 Å². The van der Waals surface area contributed by atoms with E-state index in [1.165, 1.54) is 4.90 Å². The van der Waals surface area contributed by atoms with Crippen LogP contribution in [-0.2, 0) is 14.3 Å². The molecule has 7 heteroatoms. The van der Waals surface area contributed by atoms with E-state index >= 15 is 0 Å². The smallest absolute Gasteiger partial charge is 0.407 e. The third-order valence-electron chi connectivity index (χ3n) is 5.65. The first-order valence-electron chi connectivity index (χ1n) is 10.2. The molecule has 31 heavy (non-hydrogen) atoms. The van der Waals surface area contributed by atoms with Gasteiger partial charge in [-0.1, -0.05) is 48.5 Å². The summed E-state index contributed by atoms with van der Waals surface area (Å²) in [6.45, 7) is 5.57. The Kier molecular flexibility index (Phi) is 6.34. The SMILES string of the molecule is CN(C(=O)C(CC(=O)O)NC(=O)OCC1c2ccccc2-c2ccccc21)C(C)(C)C. The van der Waals surface area contributed by atoms with Gasteiger partial charge in [-0.05, 0) is 43.0 Å². The molecule has 1 unspecified atom stereocenters. The number of carbonyl (C=O) groups is 3. The number of nitrogens with zero attached hydrogens (tertiary/aromatic N) is 1. The largest absolute Gasteiger partial charge is 0.481 e. The number of benzene rings is 2. The molecule has 0 spiro atoms. The number of fused-ring (bicyclic) bond motifs is 3. The van der Waals surface area contributed by atoms with E-state index in [-0.39, 0.29) is 12.5 Å². The van der Waals surface area contributed by atoms with Crippen LogP contribution in [0.5, 0.6) is 0 Å². The second kappa shape index (κ2) is 8.79. The van der Waals surface area contributed by atoms with Gasteiger partial charge in [0.25, 0.3) is 0 Å². The third-order valence-corrected chi connectivity index (χ3v) is 5.65. The lowest BCUT2D eigenvalue weighted by atomic mass is 9.98. The molecular formula is C24H28N2O5. The van der Waals surface area contributed by atoms with Crippen molar-refractivity contribution in [3.63, 3.8) is 0 Å². The van der Waals surface area contributed by atoms with Crippen LogP contribution in [0.1, 0.15) is 44.2 Å². The predicted octanol–water partition coefficient (Wildman–Crippen LogP) is 3.63. The van der Waals surface area contributed by atoms with E-state index in [4.69, 9.17) is 4.74 Å². The van der Waals surface area contributed by atoms with Gasteiger partial charge in [-0.3, -0.25) is 9.59 Å². The fraction of sp³-hybridized carbons (Fsp3) is 0.375. The van der Waals surface area contributed by atoms with Crippen LogP contribution < -0.4 is 5.32 Å². The second-order valence-electron chi connectivity index (χ2n) is 8.69. The van der Waals surface area contributed by atoms with Crippen LogP contribution in [-0.4, -0.2) is 53.2 Å². The molecule has 0 aromatic heterocycles. The molecule has 2 aromatic rings. The van der Waals surface area contributed by atoms with Crippen LogP contribution in [0.15, 0.2) is 48.5 Å². The fourth-order valence-electron chi connectivity index (χ4n) is 3.72. The van der Waals surface area contributed by atoms with E-state index in [0.717, 1.165) is 22.3 Å². The molecule has 0 saturated heterocycles. The lowest BCUT2D eigenvalue weighted by Gasteiger charge is -2.34. The van der Waals surface area contributed by atoms with E-state index in [1.54, 1.807) is 7.05 Å². The van der Waals surface area contributed by atoms with E-state index in [0.29, 0.717) is 0 Å². The van der Waals surface area contributed by atoms with E-state index in [2.05, 4.69) is 5.32 Å². The maximum absolute atomic E-state index is 12.7. The summed E-state index contributed by atoms with van der Waals surface area (Å²) in [5.74, 6) is -1.79. The van der Waals surface area contributed by atoms with Gasteiger partial charge in [0.2, 0.25) is 5.91 Å². The Morgan fingerprint density at radius 3 is 2.03 bits per heavy atom. The van der Waals surface area contributed by atoms with Gasteiger partial charge >= 0.3 is 12.1 Å². The molecule has 0 radical (unpaired) electrons.